The van der Waals surface area contributed by atoms with Gasteiger partial charge in [0.1, 0.15) is 17.1 Å². The molecule has 0 radical (unpaired) electrons. The number of aryl methyl sites for hydroxylation is 1. The van der Waals surface area contributed by atoms with E-state index in [0.717, 1.165) is 5.56 Å². The Kier molecular flexibility index (Phi) is 7.94. The van der Waals surface area contributed by atoms with Crippen LogP contribution in [0.3, 0.4) is 0 Å². The number of nitrogens with one attached hydrogen (secondary N) is 2. The zero-order chi connectivity index (χ0) is 28.9. The van der Waals surface area contributed by atoms with E-state index >= 15 is 0 Å². The number of aromatic hydroxyl groups is 1. The number of hydrogen-bond donors (Lipinski definition) is 3. The van der Waals surface area contributed by atoms with Crippen molar-refractivity contribution in [3.05, 3.63) is 119 Å². The molecular weight excluding hydrogens is 540 g/mol. The van der Waals surface area contributed by atoms with Crippen molar-refractivity contribution in [3.8, 4) is 11.5 Å². The van der Waals surface area contributed by atoms with Gasteiger partial charge in [-0.25, -0.2) is 0 Å². The minimum absolute atomic E-state index is 0.0368. The molecule has 204 valence electrons. The predicted octanol–water partition coefficient (Wildman–Crippen LogP) is 8.44. The Morgan fingerprint density at radius 2 is 1.54 bits per heavy atom. The Hall–Kier alpha value is -5.21. The van der Waals surface area contributed by atoms with Crippen LogP contribution in [-0.2, 0) is 0 Å². The molecule has 9 heteroatoms. The standard InChI is InChI=1S/C32H25ClN4O4/c1-19-16-27(28(41-2)18-26(19)35-31(39)20-8-4-3-5-9-20)36-37-29-24-11-7-6-10-21(24)17-25(30(29)38)32(40)34-23-14-12-22(33)13-15-23/h3-18,38H,1-2H3,(H,34,40)(H,35,39)/b37-36+. The molecule has 0 aliphatic rings. The first-order valence-corrected chi connectivity index (χ1v) is 13.0. The number of anilines is 2. The third kappa shape index (κ3) is 6.03. The molecule has 41 heavy (non-hydrogen) atoms. The van der Waals surface area contributed by atoms with E-state index in [2.05, 4.69) is 20.9 Å². The number of ether oxygens (including phenoxy) is 1. The van der Waals surface area contributed by atoms with Gasteiger partial charge in [-0.2, -0.15) is 0 Å². The molecule has 0 bridgehead atoms. The fourth-order valence-corrected chi connectivity index (χ4v) is 4.39. The van der Waals surface area contributed by atoms with Gasteiger partial charge in [-0.05, 0) is 66.4 Å². The Balaban J connectivity index is 1.49. The summed E-state index contributed by atoms with van der Waals surface area (Å²) in [7, 11) is 1.49. The first-order valence-electron chi connectivity index (χ1n) is 12.6. The first-order chi connectivity index (χ1) is 19.8. The van der Waals surface area contributed by atoms with Gasteiger partial charge in [-0.3, -0.25) is 9.59 Å². The average Bonchev–Trinajstić information content (AvgIpc) is 2.99. The van der Waals surface area contributed by atoms with Gasteiger partial charge in [0, 0.05) is 33.4 Å². The molecule has 0 atom stereocenters. The maximum atomic E-state index is 13.1. The number of azo groups is 1. The largest absolute Gasteiger partial charge is 0.505 e. The van der Waals surface area contributed by atoms with Gasteiger partial charge in [0.15, 0.2) is 5.75 Å². The third-order valence-corrected chi connectivity index (χ3v) is 6.66. The number of phenols is 1. The average molecular weight is 565 g/mol. The summed E-state index contributed by atoms with van der Waals surface area (Å²) in [5.41, 5.74) is 2.88. The van der Waals surface area contributed by atoms with Crippen LogP contribution >= 0.6 is 11.6 Å². The monoisotopic (exact) mass is 564 g/mol. The highest BCUT2D eigenvalue weighted by atomic mass is 35.5. The van der Waals surface area contributed by atoms with Crippen molar-refractivity contribution in [2.24, 2.45) is 10.2 Å². The molecule has 0 fully saturated rings. The van der Waals surface area contributed by atoms with Crippen molar-refractivity contribution in [2.75, 3.05) is 17.7 Å². The molecule has 0 saturated carbocycles. The van der Waals surface area contributed by atoms with Crippen LogP contribution in [0.2, 0.25) is 5.02 Å². The van der Waals surface area contributed by atoms with Gasteiger partial charge in [0.2, 0.25) is 0 Å². The number of halogens is 1. The summed E-state index contributed by atoms with van der Waals surface area (Å²) < 4.78 is 5.53. The number of nitrogens with zero attached hydrogens (tertiary/aromatic N) is 2. The summed E-state index contributed by atoms with van der Waals surface area (Å²) in [6, 6.07) is 27.8. The van der Waals surface area contributed by atoms with Gasteiger partial charge >= 0.3 is 0 Å². The molecular formula is C32H25ClN4O4. The number of hydrogen-bond acceptors (Lipinski definition) is 6. The van der Waals surface area contributed by atoms with E-state index in [1.54, 1.807) is 72.8 Å². The molecule has 0 heterocycles. The smallest absolute Gasteiger partial charge is 0.259 e. The van der Waals surface area contributed by atoms with E-state index in [9.17, 15) is 14.7 Å². The van der Waals surface area contributed by atoms with Crippen molar-refractivity contribution in [1.82, 2.24) is 0 Å². The third-order valence-electron chi connectivity index (χ3n) is 6.41. The molecule has 0 aromatic heterocycles. The number of phenolic OH excluding ortho intramolecular Hbond substituents is 1. The van der Waals surface area contributed by atoms with E-state index in [4.69, 9.17) is 16.3 Å². The van der Waals surface area contributed by atoms with Gasteiger partial charge < -0.3 is 20.5 Å². The number of amides is 2. The fourth-order valence-electron chi connectivity index (χ4n) is 4.26. The van der Waals surface area contributed by atoms with E-state index in [1.807, 2.05) is 31.2 Å². The van der Waals surface area contributed by atoms with Crippen molar-refractivity contribution < 1.29 is 19.4 Å². The SMILES string of the molecule is COc1cc(NC(=O)c2ccccc2)c(C)cc1/N=N/c1c(O)c(C(=O)Nc2ccc(Cl)cc2)cc2ccccc12. The molecule has 0 unspecified atom stereocenters. The normalized spacial score (nSPS) is 11.0. The van der Waals surface area contributed by atoms with Crippen molar-refractivity contribution in [3.63, 3.8) is 0 Å². The zero-order valence-corrected chi connectivity index (χ0v) is 22.9. The summed E-state index contributed by atoms with van der Waals surface area (Å²) in [5.74, 6) is -0.723. The molecule has 2 amide bonds. The van der Waals surface area contributed by atoms with Crippen LogP contribution in [0, 0.1) is 6.92 Å². The lowest BCUT2D eigenvalue weighted by Crippen LogP contribution is -2.12. The maximum Gasteiger partial charge on any atom is 0.259 e. The lowest BCUT2D eigenvalue weighted by molar-refractivity contribution is 0.101. The minimum atomic E-state index is -0.515. The number of benzene rings is 5. The highest BCUT2D eigenvalue weighted by molar-refractivity contribution is 6.30. The highest BCUT2D eigenvalue weighted by Gasteiger charge is 2.19. The Morgan fingerprint density at radius 3 is 2.27 bits per heavy atom. The van der Waals surface area contributed by atoms with Gasteiger partial charge in [0.05, 0.1) is 12.7 Å². The van der Waals surface area contributed by atoms with Crippen LogP contribution < -0.4 is 15.4 Å². The molecule has 0 aliphatic carbocycles. The first kappa shape index (κ1) is 27.4. The quantitative estimate of drug-likeness (QED) is 0.172. The summed E-state index contributed by atoms with van der Waals surface area (Å²) in [5, 5.41) is 27.4. The summed E-state index contributed by atoms with van der Waals surface area (Å²) >= 11 is 5.95. The Morgan fingerprint density at radius 1 is 0.829 bits per heavy atom. The van der Waals surface area contributed by atoms with Crippen LogP contribution in [0.25, 0.3) is 10.8 Å². The van der Waals surface area contributed by atoms with Crippen LogP contribution in [0.1, 0.15) is 26.3 Å². The second-order valence-corrected chi connectivity index (χ2v) is 9.60. The van der Waals surface area contributed by atoms with Crippen LogP contribution in [-0.4, -0.2) is 24.0 Å². The number of methoxy groups -OCH3 is 1. The Bertz CT molecular complexity index is 1790. The highest BCUT2D eigenvalue weighted by Crippen LogP contribution is 2.41. The van der Waals surface area contributed by atoms with E-state index in [-0.39, 0.29) is 22.9 Å². The lowest BCUT2D eigenvalue weighted by Gasteiger charge is -2.13. The maximum absolute atomic E-state index is 13.1. The molecule has 3 N–H and O–H groups in total. The van der Waals surface area contributed by atoms with E-state index in [0.29, 0.717) is 44.2 Å². The molecule has 8 nitrogen and oxygen atoms in total. The topological polar surface area (TPSA) is 112 Å². The number of rotatable bonds is 7. The van der Waals surface area contributed by atoms with Crippen LogP contribution in [0.15, 0.2) is 107 Å². The van der Waals surface area contributed by atoms with E-state index < -0.39 is 5.91 Å². The Labute approximate surface area is 241 Å². The van der Waals surface area contributed by atoms with Gasteiger partial charge in [0.25, 0.3) is 11.8 Å². The number of carbonyl (C=O) groups is 2. The number of fused-ring (bicyclic) bond motifs is 1. The van der Waals surface area contributed by atoms with Crippen LogP contribution in [0.4, 0.5) is 22.7 Å². The van der Waals surface area contributed by atoms with Crippen LogP contribution in [0.5, 0.6) is 11.5 Å². The molecule has 5 aromatic rings. The minimum Gasteiger partial charge on any atom is -0.505 e. The summed E-state index contributed by atoms with van der Waals surface area (Å²) in [4.78, 5) is 25.8. The summed E-state index contributed by atoms with van der Waals surface area (Å²) in [6.07, 6.45) is 0. The molecule has 5 rings (SSSR count). The lowest BCUT2D eigenvalue weighted by atomic mass is 10.0. The molecule has 5 aromatic carbocycles. The van der Waals surface area contributed by atoms with Gasteiger partial charge in [-0.1, -0.05) is 54.1 Å². The van der Waals surface area contributed by atoms with Gasteiger partial charge in [-0.15, -0.1) is 10.2 Å². The molecule has 0 spiro atoms. The second-order valence-electron chi connectivity index (χ2n) is 9.16. The van der Waals surface area contributed by atoms with Crippen molar-refractivity contribution in [1.29, 1.82) is 0 Å². The van der Waals surface area contributed by atoms with Crippen molar-refractivity contribution in [2.45, 2.75) is 6.92 Å². The fraction of sp³-hybridized carbons (Fsp3) is 0.0625. The predicted molar refractivity (Wildman–Crippen MR) is 161 cm³/mol. The molecule has 0 aliphatic heterocycles. The summed E-state index contributed by atoms with van der Waals surface area (Å²) in [6.45, 7) is 1.83. The number of carbonyl (C=O) groups excluding carboxylic acids is 2. The van der Waals surface area contributed by atoms with E-state index in [1.165, 1.54) is 7.11 Å². The second kappa shape index (κ2) is 11.9. The molecule has 0 saturated heterocycles. The van der Waals surface area contributed by atoms with Crippen molar-refractivity contribution >= 4 is 56.9 Å². The zero-order valence-electron chi connectivity index (χ0n) is 22.2.